The number of rotatable bonds is 5. The number of amides is 2. The van der Waals surface area contributed by atoms with Gasteiger partial charge in [0.1, 0.15) is 0 Å². The van der Waals surface area contributed by atoms with E-state index in [1.165, 1.54) is 19.3 Å². The van der Waals surface area contributed by atoms with E-state index in [1.807, 2.05) is 24.3 Å². The highest BCUT2D eigenvalue weighted by atomic mass is 16.2. The normalized spacial score (nSPS) is 29.4. The van der Waals surface area contributed by atoms with Crippen LogP contribution in [0.15, 0.2) is 48.8 Å². The number of benzene rings is 1. The van der Waals surface area contributed by atoms with Crippen LogP contribution in [0.4, 0.5) is 5.69 Å². The minimum Gasteiger partial charge on any atom is -0.351 e. The summed E-state index contributed by atoms with van der Waals surface area (Å²) in [6.45, 7) is 0.435. The fourth-order valence-corrected chi connectivity index (χ4v) is 6.24. The first-order chi connectivity index (χ1) is 14.1. The maximum atomic E-state index is 13.2. The van der Waals surface area contributed by atoms with Crippen LogP contribution in [-0.2, 0) is 11.3 Å². The van der Waals surface area contributed by atoms with Crippen molar-refractivity contribution >= 4 is 17.5 Å². The SMILES string of the molecule is O=C(Nc1ccccc1CNC(=O)C12CC3CC(CC(C3)C1)C2)c1cccnc1. The summed E-state index contributed by atoms with van der Waals surface area (Å²) in [5.74, 6) is 2.26. The molecule has 5 nitrogen and oxygen atoms in total. The molecular weight excluding hydrogens is 362 g/mol. The summed E-state index contributed by atoms with van der Waals surface area (Å²) in [6.07, 6.45) is 10.4. The van der Waals surface area contributed by atoms with Crippen LogP contribution in [0, 0.1) is 23.2 Å². The summed E-state index contributed by atoms with van der Waals surface area (Å²) in [6, 6.07) is 11.1. The molecule has 2 N–H and O–H groups in total. The molecule has 0 saturated heterocycles. The quantitative estimate of drug-likeness (QED) is 0.806. The van der Waals surface area contributed by atoms with Gasteiger partial charge in [0.15, 0.2) is 0 Å². The van der Waals surface area contributed by atoms with Crippen molar-refractivity contribution in [1.29, 1.82) is 0 Å². The highest BCUT2D eigenvalue weighted by Crippen LogP contribution is 2.60. The van der Waals surface area contributed by atoms with Gasteiger partial charge in [0.2, 0.25) is 5.91 Å². The Balaban J connectivity index is 1.27. The maximum absolute atomic E-state index is 13.2. The van der Waals surface area contributed by atoms with Crippen LogP contribution in [0.2, 0.25) is 0 Å². The zero-order valence-electron chi connectivity index (χ0n) is 16.6. The second-order valence-electron chi connectivity index (χ2n) is 9.23. The van der Waals surface area contributed by atoms with Crippen LogP contribution in [0.5, 0.6) is 0 Å². The van der Waals surface area contributed by atoms with Crippen LogP contribution in [0.25, 0.3) is 0 Å². The van der Waals surface area contributed by atoms with Gasteiger partial charge in [-0.15, -0.1) is 0 Å². The minimum atomic E-state index is -0.196. The Morgan fingerprint density at radius 1 is 0.966 bits per heavy atom. The number of nitrogens with one attached hydrogen (secondary N) is 2. The van der Waals surface area contributed by atoms with E-state index in [1.54, 1.807) is 24.5 Å². The number of carbonyl (C=O) groups is 2. The van der Waals surface area contributed by atoms with Gasteiger partial charge in [-0.05, 0) is 80.0 Å². The smallest absolute Gasteiger partial charge is 0.257 e. The van der Waals surface area contributed by atoms with Crippen molar-refractivity contribution in [3.8, 4) is 0 Å². The molecule has 1 heterocycles. The number of para-hydroxylation sites is 1. The molecule has 2 amide bonds. The third-order valence-corrected chi connectivity index (χ3v) is 7.15. The summed E-state index contributed by atoms with van der Waals surface area (Å²) in [4.78, 5) is 29.7. The first-order valence-corrected chi connectivity index (χ1v) is 10.7. The minimum absolute atomic E-state index is 0.150. The van der Waals surface area contributed by atoms with Gasteiger partial charge in [-0.2, -0.15) is 0 Å². The fourth-order valence-electron chi connectivity index (χ4n) is 6.24. The molecule has 1 aromatic heterocycles. The van der Waals surface area contributed by atoms with Gasteiger partial charge in [-0.1, -0.05) is 18.2 Å². The summed E-state index contributed by atoms with van der Waals surface area (Å²) >= 11 is 0. The number of carbonyl (C=O) groups excluding carboxylic acids is 2. The van der Waals surface area contributed by atoms with Crippen LogP contribution in [-0.4, -0.2) is 16.8 Å². The average Bonchev–Trinajstić information content (AvgIpc) is 2.72. The number of pyridine rings is 1. The lowest BCUT2D eigenvalue weighted by Crippen LogP contribution is -2.53. The van der Waals surface area contributed by atoms with E-state index < -0.39 is 0 Å². The molecule has 4 aliphatic rings. The van der Waals surface area contributed by atoms with Crippen LogP contribution < -0.4 is 10.6 Å². The van der Waals surface area contributed by atoms with Gasteiger partial charge in [-0.25, -0.2) is 0 Å². The van der Waals surface area contributed by atoms with Crippen molar-refractivity contribution in [3.63, 3.8) is 0 Å². The Hall–Kier alpha value is -2.69. The molecule has 1 aromatic carbocycles. The van der Waals surface area contributed by atoms with Gasteiger partial charge in [-0.3, -0.25) is 14.6 Å². The maximum Gasteiger partial charge on any atom is 0.257 e. The second-order valence-corrected chi connectivity index (χ2v) is 9.23. The lowest BCUT2D eigenvalue weighted by Gasteiger charge is -2.55. The standard InChI is InChI=1S/C24H27N3O2/c28-22(20-5-3-7-25-14-20)27-21-6-2-1-4-19(21)15-26-23(29)24-11-16-8-17(12-24)10-18(9-16)13-24/h1-7,14,16-18H,8-13,15H2,(H,26,29)(H,27,28). The molecule has 150 valence electrons. The van der Waals surface area contributed by atoms with E-state index in [9.17, 15) is 9.59 Å². The average molecular weight is 389 g/mol. The van der Waals surface area contributed by atoms with Crippen molar-refractivity contribution < 1.29 is 9.59 Å². The number of nitrogens with zero attached hydrogens (tertiary/aromatic N) is 1. The second kappa shape index (κ2) is 7.29. The van der Waals surface area contributed by atoms with Crippen molar-refractivity contribution in [2.45, 2.75) is 45.1 Å². The zero-order valence-corrected chi connectivity index (χ0v) is 16.6. The van der Waals surface area contributed by atoms with Gasteiger partial charge in [0.05, 0.1) is 5.56 Å². The third kappa shape index (κ3) is 3.54. The molecule has 4 bridgehead atoms. The molecule has 6 rings (SSSR count). The molecule has 0 atom stereocenters. The van der Waals surface area contributed by atoms with E-state index in [0.717, 1.165) is 48.3 Å². The molecule has 2 aromatic rings. The van der Waals surface area contributed by atoms with Crippen molar-refractivity contribution in [2.24, 2.45) is 23.2 Å². The molecule has 5 heteroatoms. The first-order valence-electron chi connectivity index (χ1n) is 10.7. The van der Waals surface area contributed by atoms with Crippen molar-refractivity contribution in [1.82, 2.24) is 10.3 Å². The van der Waals surface area contributed by atoms with Gasteiger partial charge >= 0.3 is 0 Å². The van der Waals surface area contributed by atoms with E-state index in [2.05, 4.69) is 15.6 Å². The molecule has 4 fully saturated rings. The summed E-state index contributed by atoms with van der Waals surface area (Å²) < 4.78 is 0. The van der Waals surface area contributed by atoms with Crippen LogP contribution in [0.1, 0.15) is 54.4 Å². The highest BCUT2D eigenvalue weighted by molar-refractivity contribution is 6.04. The Bertz CT molecular complexity index is 889. The Kier molecular flexibility index (Phi) is 4.61. The monoisotopic (exact) mass is 389 g/mol. The predicted octanol–water partition coefficient (Wildman–Crippen LogP) is 4.17. The van der Waals surface area contributed by atoms with Gasteiger partial charge in [0, 0.05) is 30.0 Å². The largest absolute Gasteiger partial charge is 0.351 e. The summed E-state index contributed by atoms with van der Waals surface area (Å²) in [7, 11) is 0. The number of hydrogen-bond donors (Lipinski definition) is 2. The predicted molar refractivity (Wildman–Crippen MR) is 111 cm³/mol. The molecule has 0 radical (unpaired) electrons. The molecule has 4 aliphatic carbocycles. The number of hydrogen-bond acceptors (Lipinski definition) is 3. The molecule has 0 unspecified atom stereocenters. The Morgan fingerprint density at radius 2 is 1.66 bits per heavy atom. The lowest BCUT2D eigenvalue weighted by atomic mass is 9.49. The molecule has 0 spiro atoms. The lowest BCUT2D eigenvalue weighted by molar-refractivity contribution is -0.146. The van der Waals surface area contributed by atoms with E-state index in [0.29, 0.717) is 12.1 Å². The topological polar surface area (TPSA) is 71.1 Å². The Labute approximate surface area is 171 Å². The number of aromatic nitrogens is 1. The first kappa shape index (κ1) is 18.3. The number of anilines is 1. The van der Waals surface area contributed by atoms with Gasteiger partial charge < -0.3 is 10.6 Å². The Morgan fingerprint density at radius 3 is 2.31 bits per heavy atom. The van der Waals surface area contributed by atoms with Crippen molar-refractivity contribution in [3.05, 3.63) is 59.9 Å². The van der Waals surface area contributed by atoms with Gasteiger partial charge in [0.25, 0.3) is 5.91 Å². The molecule has 0 aliphatic heterocycles. The van der Waals surface area contributed by atoms with Crippen LogP contribution >= 0.6 is 0 Å². The third-order valence-electron chi connectivity index (χ3n) is 7.15. The van der Waals surface area contributed by atoms with E-state index in [4.69, 9.17) is 0 Å². The van der Waals surface area contributed by atoms with Crippen molar-refractivity contribution in [2.75, 3.05) is 5.32 Å². The molecule has 29 heavy (non-hydrogen) atoms. The van der Waals surface area contributed by atoms with Crippen LogP contribution in [0.3, 0.4) is 0 Å². The fraction of sp³-hybridized carbons (Fsp3) is 0.458. The summed E-state index contributed by atoms with van der Waals surface area (Å²) in [5.41, 5.74) is 2.01. The highest BCUT2D eigenvalue weighted by Gasteiger charge is 2.54. The van der Waals surface area contributed by atoms with E-state index >= 15 is 0 Å². The zero-order chi connectivity index (χ0) is 19.8. The molecule has 4 saturated carbocycles. The van der Waals surface area contributed by atoms with E-state index in [-0.39, 0.29) is 17.2 Å². The molecular formula is C24H27N3O2. The summed E-state index contributed by atoms with van der Waals surface area (Å²) in [5, 5.41) is 6.16.